The van der Waals surface area contributed by atoms with Crippen LogP contribution in [0.1, 0.15) is 20.8 Å². The Bertz CT molecular complexity index is 209. The van der Waals surface area contributed by atoms with Gasteiger partial charge in [-0.3, -0.25) is 0 Å². The fraction of sp³-hybridized carbons (Fsp3) is 0.727. The summed E-state index contributed by atoms with van der Waals surface area (Å²) < 4.78 is 5.07. The third-order valence-corrected chi connectivity index (χ3v) is 2.09. The normalized spacial score (nSPS) is 13.1. The summed E-state index contributed by atoms with van der Waals surface area (Å²) in [5, 5.41) is 0. The van der Waals surface area contributed by atoms with Gasteiger partial charge in [-0.15, -0.1) is 0 Å². The molecule has 0 aromatic rings. The highest BCUT2D eigenvalue weighted by molar-refractivity contribution is 5.88. The van der Waals surface area contributed by atoms with Crippen LogP contribution in [0.4, 0.5) is 0 Å². The molecule has 82 valence electrons. The molecule has 3 nitrogen and oxygen atoms in total. The van der Waals surface area contributed by atoms with Crippen molar-refractivity contribution in [2.24, 2.45) is 5.92 Å². The van der Waals surface area contributed by atoms with Gasteiger partial charge in [-0.2, -0.15) is 0 Å². The molecule has 0 amide bonds. The first-order chi connectivity index (χ1) is 6.36. The molecule has 0 saturated carbocycles. The van der Waals surface area contributed by atoms with Gasteiger partial charge in [-0.25, -0.2) is 4.79 Å². The summed E-state index contributed by atoms with van der Waals surface area (Å²) in [6.45, 7) is 10.1. The van der Waals surface area contributed by atoms with Gasteiger partial charge < -0.3 is 9.64 Å². The van der Waals surface area contributed by atoms with E-state index in [0.29, 0.717) is 18.1 Å². The summed E-state index contributed by atoms with van der Waals surface area (Å²) in [7, 11) is 3.82. The molecule has 0 saturated heterocycles. The number of likely N-dealkylation sites (N-methyl/N-ethyl adjacent to an activating group) is 1. The van der Waals surface area contributed by atoms with Crippen LogP contribution in [-0.4, -0.2) is 37.6 Å². The summed E-state index contributed by atoms with van der Waals surface area (Å²) in [6, 6.07) is 0.0228. The van der Waals surface area contributed by atoms with Crippen molar-refractivity contribution in [3.8, 4) is 0 Å². The SMILES string of the molecule is C=C(C(=O)OCC(C)C)C(C)N(C)C. The van der Waals surface area contributed by atoms with Crippen molar-refractivity contribution in [3.05, 3.63) is 12.2 Å². The number of hydrogen-bond donors (Lipinski definition) is 0. The van der Waals surface area contributed by atoms with Crippen LogP contribution in [0.5, 0.6) is 0 Å². The molecule has 0 N–H and O–H groups in total. The number of carbonyl (C=O) groups is 1. The van der Waals surface area contributed by atoms with E-state index in [1.54, 1.807) is 0 Å². The van der Waals surface area contributed by atoms with Gasteiger partial charge in [-0.05, 0) is 26.9 Å². The standard InChI is InChI=1S/C11H21NO2/c1-8(2)7-14-11(13)9(3)10(4)12(5)6/h8,10H,3,7H2,1-2,4-6H3. The smallest absolute Gasteiger partial charge is 0.335 e. The first-order valence-electron chi connectivity index (χ1n) is 4.88. The number of ether oxygens (including phenoxy) is 1. The van der Waals surface area contributed by atoms with E-state index in [-0.39, 0.29) is 12.0 Å². The Balaban J connectivity index is 4.06. The Morgan fingerprint density at radius 3 is 2.21 bits per heavy atom. The Hall–Kier alpha value is -0.830. The summed E-state index contributed by atoms with van der Waals surface area (Å²) in [6.07, 6.45) is 0. The van der Waals surface area contributed by atoms with Gasteiger partial charge in [0, 0.05) is 11.6 Å². The van der Waals surface area contributed by atoms with Gasteiger partial charge in [0.15, 0.2) is 0 Å². The van der Waals surface area contributed by atoms with E-state index in [2.05, 4.69) is 6.58 Å². The molecule has 0 spiro atoms. The second-order valence-electron chi connectivity index (χ2n) is 4.16. The third-order valence-electron chi connectivity index (χ3n) is 2.09. The van der Waals surface area contributed by atoms with E-state index in [9.17, 15) is 4.79 Å². The zero-order valence-corrected chi connectivity index (χ0v) is 9.83. The van der Waals surface area contributed by atoms with Gasteiger partial charge >= 0.3 is 5.97 Å². The Morgan fingerprint density at radius 2 is 1.86 bits per heavy atom. The predicted molar refractivity (Wildman–Crippen MR) is 58.1 cm³/mol. The molecule has 0 bridgehead atoms. The number of rotatable bonds is 5. The van der Waals surface area contributed by atoms with E-state index in [0.717, 1.165) is 0 Å². The Labute approximate surface area is 86.7 Å². The molecule has 0 aliphatic carbocycles. The van der Waals surface area contributed by atoms with E-state index < -0.39 is 0 Å². The highest BCUT2D eigenvalue weighted by Gasteiger charge is 2.17. The quantitative estimate of drug-likeness (QED) is 0.498. The lowest BCUT2D eigenvalue weighted by Crippen LogP contribution is -2.30. The minimum atomic E-state index is -0.292. The van der Waals surface area contributed by atoms with Gasteiger partial charge in [-0.1, -0.05) is 20.4 Å². The average molecular weight is 199 g/mol. The van der Waals surface area contributed by atoms with Crippen molar-refractivity contribution in [1.29, 1.82) is 0 Å². The highest BCUT2D eigenvalue weighted by Crippen LogP contribution is 2.07. The van der Waals surface area contributed by atoms with E-state index in [1.165, 1.54) is 0 Å². The van der Waals surface area contributed by atoms with Crippen molar-refractivity contribution in [2.75, 3.05) is 20.7 Å². The van der Waals surface area contributed by atoms with Crippen molar-refractivity contribution < 1.29 is 9.53 Å². The maximum atomic E-state index is 11.4. The fourth-order valence-electron chi connectivity index (χ4n) is 0.817. The van der Waals surface area contributed by atoms with Gasteiger partial charge in [0.05, 0.1) is 6.61 Å². The summed E-state index contributed by atoms with van der Waals surface area (Å²) in [4.78, 5) is 13.4. The molecule has 0 heterocycles. The van der Waals surface area contributed by atoms with Crippen molar-refractivity contribution in [2.45, 2.75) is 26.8 Å². The lowest BCUT2D eigenvalue weighted by atomic mass is 10.1. The van der Waals surface area contributed by atoms with Gasteiger partial charge in [0.2, 0.25) is 0 Å². The Morgan fingerprint density at radius 1 is 1.36 bits per heavy atom. The number of nitrogens with zero attached hydrogens (tertiary/aromatic N) is 1. The number of carbonyl (C=O) groups excluding carboxylic acids is 1. The topological polar surface area (TPSA) is 29.5 Å². The van der Waals surface area contributed by atoms with Crippen LogP contribution >= 0.6 is 0 Å². The summed E-state index contributed by atoms with van der Waals surface area (Å²) in [5.74, 6) is 0.0707. The van der Waals surface area contributed by atoms with Gasteiger partial charge in [0.1, 0.15) is 0 Å². The largest absolute Gasteiger partial charge is 0.462 e. The highest BCUT2D eigenvalue weighted by atomic mass is 16.5. The zero-order valence-electron chi connectivity index (χ0n) is 9.83. The summed E-state index contributed by atoms with van der Waals surface area (Å²) >= 11 is 0. The minimum Gasteiger partial charge on any atom is -0.462 e. The lowest BCUT2D eigenvalue weighted by molar-refractivity contribution is -0.140. The van der Waals surface area contributed by atoms with E-state index in [1.807, 2.05) is 39.8 Å². The molecule has 0 aromatic carbocycles. The number of esters is 1. The fourth-order valence-corrected chi connectivity index (χ4v) is 0.817. The average Bonchev–Trinajstić information content (AvgIpc) is 2.11. The van der Waals surface area contributed by atoms with Crippen LogP contribution in [0, 0.1) is 5.92 Å². The van der Waals surface area contributed by atoms with Crippen LogP contribution in [0.2, 0.25) is 0 Å². The van der Waals surface area contributed by atoms with Crippen molar-refractivity contribution in [3.63, 3.8) is 0 Å². The third kappa shape index (κ3) is 4.42. The Kier molecular flexibility index (Phi) is 5.46. The molecule has 0 aliphatic heterocycles. The molecule has 0 fully saturated rings. The molecule has 14 heavy (non-hydrogen) atoms. The first-order valence-corrected chi connectivity index (χ1v) is 4.88. The molecule has 0 aliphatic rings. The molecule has 3 heteroatoms. The van der Waals surface area contributed by atoms with Crippen LogP contribution in [-0.2, 0) is 9.53 Å². The molecule has 1 atom stereocenters. The second-order valence-corrected chi connectivity index (χ2v) is 4.16. The van der Waals surface area contributed by atoms with E-state index >= 15 is 0 Å². The van der Waals surface area contributed by atoms with Crippen LogP contribution in [0.3, 0.4) is 0 Å². The van der Waals surface area contributed by atoms with Crippen LogP contribution < -0.4 is 0 Å². The van der Waals surface area contributed by atoms with Gasteiger partial charge in [0.25, 0.3) is 0 Å². The summed E-state index contributed by atoms with van der Waals surface area (Å²) in [5.41, 5.74) is 0.510. The molecular formula is C11H21NO2. The van der Waals surface area contributed by atoms with Crippen LogP contribution in [0.15, 0.2) is 12.2 Å². The van der Waals surface area contributed by atoms with Crippen LogP contribution in [0.25, 0.3) is 0 Å². The zero-order chi connectivity index (χ0) is 11.3. The minimum absolute atomic E-state index is 0.0228. The maximum absolute atomic E-state index is 11.4. The first kappa shape index (κ1) is 13.2. The van der Waals surface area contributed by atoms with E-state index in [4.69, 9.17) is 4.74 Å². The molecule has 0 radical (unpaired) electrons. The monoisotopic (exact) mass is 199 g/mol. The number of hydrogen-bond acceptors (Lipinski definition) is 3. The maximum Gasteiger partial charge on any atom is 0.335 e. The molecule has 0 rings (SSSR count). The molecule has 1 unspecified atom stereocenters. The van der Waals surface area contributed by atoms with Crippen molar-refractivity contribution >= 4 is 5.97 Å². The molecule has 0 aromatic heterocycles. The van der Waals surface area contributed by atoms with Crippen molar-refractivity contribution in [1.82, 2.24) is 4.90 Å². The lowest BCUT2D eigenvalue weighted by Gasteiger charge is -2.21. The second kappa shape index (κ2) is 5.81. The molecular weight excluding hydrogens is 178 g/mol. The predicted octanol–water partition coefficient (Wildman–Crippen LogP) is 1.69.